The standard InChI is InChI=1S/C26H23ClN4S/c1-2-3-16-32-26-30-29-25(31(26)20-12-8-5-9-13-20)24-23(18-10-6-4-7-11-18)21-17-19(27)14-15-22(21)28-24/h4-15,17,28H,2-3,16H2,1H3. The number of unbranched alkanes of at least 4 members (excludes halogenated alkanes) is 1. The molecule has 3 aromatic carbocycles. The smallest absolute Gasteiger partial charge is 0.196 e. The van der Waals surface area contributed by atoms with E-state index in [4.69, 9.17) is 11.6 Å². The number of thioether (sulfide) groups is 1. The van der Waals surface area contributed by atoms with Gasteiger partial charge in [0.15, 0.2) is 11.0 Å². The molecule has 0 aliphatic carbocycles. The molecular formula is C26H23ClN4S. The van der Waals surface area contributed by atoms with Crippen LogP contribution in [0.1, 0.15) is 19.8 Å². The highest BCUT2D eigenvalue weighted by Crippen LogP contribution is 2.40. The second kappa shape index (κ2) is 9.23. The monoisotopic (exact) mass is 458 g/mol. The van der Waals surface area contributed by atoms with Crippen LogP contribution in [0.5, 0.6) is 0 Å². The van der Waals surface area contributed by atoms with E-state index in [0.29, 0.717) is 5.02 Å². The Labute approximate surface area is 196 Å². The summed E-state index contributed by atoms with van der Waals surface area (Å²) in [6, 6.07) is 26.6. The molecule has 6 heteroatoms. The SMILES string of the molecule is CCCCSc1nnc(-c2[nH]c3ccc(Cl)cc3c2-c2ccccc2)n1-c1ccccc1. The van der Waals surface area contributed by atoms with E-state index in [1.54, 1.807) is 11.8 Å². The van der Waals surface area contributed by atoms with E-state index in [9.17, 15) is 0 Å². The molecule has 0 aliphatic heterocycles. The number of hydrogen-bond donors (Lipinski definition) is 1. The molecule has 32 heavy (non-hydrogen) atoms. The summed E-state index contributed by atoms with van der Waals surface area (Å²) < 4.78 is 2.15. The highest BCUT2D eigenvalue weighted by Gasteiger charge is 2.23. The van der Waals surface area contributed by atoms with Crippen molar-refractivity contribution in [2.24, 2.45) is 0 Å². The zero-order valence-corrected chi connectivity index (χ0v) is 19.3. The fraction of sp³-hybridized carbons (Fsp3) is 0.154. The molecule has 0 bridgehead atoms. The Balaban J connectivity index is 1.76. The van der Waals surface area contributed by atoms with Crippen molar-refractivity contribution in [2.75, 3.05) is 5.75 Å². The number of rotatable bonds is 7. The average Bonchev–Trinajstić information content (AvgIpc) is 3.41. The summed E-state index contributed by atoms with van der Waals surface area (Å²) in [4.78, 5) is 3.61. The van der Waals surface area contributed by atoms with Crippen LogP contribution in [0.15, 0.2) is 84.0 Å². The van der Waals surface area contributed by atoms with E-state index >= 15 is 0 Å². The van der Waals surface area contributed by atoms with Gasteiger partial charge in [-0.05, 0) is 42.3 Å². The molecule has 5 aromatic rings. The maximum Gasteiger partial charge on any atom is 0.196 e. The van der Waals surface area contributed by atoms with Gasteiger partial charge in [-0.1, -0.05) is 85.2 Å². The number of halogens is 1. The van der Waals surface area contributed by atoms with Crippen molar-refractivity contribution in [1.82, 2.24) is 19.7 Å². The maximum atomic E-state index is 6.39. The third kappa shape index (κ3) is 3.94. The number of benzene rings is 3. The summed E-state index contributed by atoms with van der Waals surface area (Å²) in [6.45, 7) is 2.20. The van der Waals surface area contributed by atoms with Gasteiger partial charge >= 0.3 is 0 Å². The van der Waals surface area contributed by atoms with Gasteiger partial charge in [0.05, 0.1) is 5.69 Å². The summed E-state index contributed by atoms with van der Waals surface area (Å²) in [5.74, 6) is 1.80. The molecule has 2 heterocycles. The zero-order chi connectivity index (χ0) is 21.9. The average molecular weight is 459 g/mol. The van der Waals surface area contributed by atoms with Gasteiger partial charge in [-0.25, -0.2) is 0 Å². The molecule has 0 saturated carbocycles. The van der Waals surface area contributed by atoms with Crippen molar-refractivity contribution in [3.8, 4) is 28.3 Å². The van der Waals surface area contributed by atoms with Crippen LogP contribution in [0.25, 0.3) is 39.2 Å². The summed E-state index contributed by atoms with van der Waals surface area (Å²) in [7, 11) is 0. The molecule has 4 nitrogen and oxygen atoms in total. The third-order valence-corrected chi connectivity index (χ3v) is 6.67. The highest BCUT2D eigenvalue weighted by atomic mass is 35.5. The molecule has 0 radical (unpaired) electrons. The highest BCUT2D eigenvalue weighted by molar-refractivity contribution is 7.99. The van der Waals surface area contributed by atoms with Crippen molar-refractivity contribution in [3.05, 3.63) is 83.9 Å². The van der Waals surface area contributed by atoms with Gasteiger partial charge in [0.25, 0.3) is 0 Å². The largest absolute Gasteiger partial charge is 0.351 e. The second-order valence-corrected chi connectivity index (χ2v) is 9.11. The molecule has 0 amide bonds. The predicted octanol–water partition coefficient (Wildman–Crippen LogP) is 7.63. The molecule has 0 saturated heterocycles. The first-order valence-corrected chi connectivity index (χ1v) is 12.1. The lowest BCUT2D eigenvalue weighted by Crippen LogP contribution is -2.00. The van der Waals surface area contributed by atoms with Gasteiger partial charge in [0, 0.05) is 32.9 Å². The number of aromatic nitrogens is 4. The number of hydrogen-bond acceptors (Lipinski definition) is 3. The van der Waals surface area contributed by atoms with Crippen molar-refractivity contribution >= 4 is 34.3 Å². The van der Waals surface area contributed by atoms with Gasteiger partial charge in [0.2, 0.25) is 0 Å². The van der Waals surface area contributed by atoms with Gasteiger partial charge in [-0.3, -0.25) is 4.57 Å². The van der Waals surface area contributed by atoms with E-state index in [1.807, 2.05) is 42.5 Å². The van der Waals surface area contributed by atoms with Gasteiger partial charge in [-0.2, -0.15) is 0 Å². The molecule has 0 unspecified atom stereocenters. The molecule has 5 rings (SSSR count). The lowest BCUT2D eigenvalue weighted by molar-refractivity contribution is 0.865. The number of fused-ring (bicyclic) bond motifs is 1. The lowest BCUT2D eigenvalue weighted by Gasteiger charge is -2.11. The quantitative estimate of drug-likeness (QED) is 0.201. The Morgan fingerprint density at radius 3 is 2.44 bits per heavy atom. The number of nitrogens with one attached hydrogen (secondary N) is 1. The van der Waals surface area contributed by atoms with Crippen molar-refractivity contribution in [3.63, 3.8) is 0 Å². The number of aromatic amines is 1. The Morgan fingerprint density at radius 1 is 0.938 bits per heavy atom. The van der Waals surface area contributed by atoms with Crippen molar-refractivity contribution in [2.45, 2.75) is 24.9 Å². The molecule has 0 aliphatic rings. The van der Waals surface area contributed by atoms with Gasteiger partial charge in [0.1, 0.15) is 0 Å². The minimum Gasteiger partial charge on any atom is -0.351 e. The zero-order valence-electron chi connectivity index (χ0n) is 17.8. The molecule has 2 aromatic heterocycles. The predicted molar refractivity (Wildman–Crippen MR) is 135 cm³/mol. The molecule has 0 atom stereocenters. The lowest BCUT2D eigenvalue weighted by atomic mass is 10.0. The minimum absolute atomic E-state index is 0.709. The topological polar surface area (TPSA) is 46.5 Å². The molecular weight excluding hydrogens is 436 g/mol. The number of H-pyrrole nitrogens is 1. The van der Waals surface area contributed by atoms with Crippen LogP contribution in [-0.2, 0) is 0 Å². The first kappa shape index (κ1) is 20.9. The van der Waals surface area contributed by atoms with Crippen molar-refractivity contribution < 1.29 is 0 Å². The van der Waals surface area contributed by atoms with E-state index in [0.717, 1.165) is 63.0 Å². The Kier molecular flexibility index (Phi) is 6.02. The summed E-state index contributed by atoms with van der Waals surface area (Å²) >= 11 is 8.13. The van der Waals surface area contributed by atoms with Crippen LogP contribution in [0, 0.1) is 0 Å². The second-order valence-electron chi connectivity index (χ2n) is 7.61. The molecule has 1 N–H and O–H groups in total. The van der Waals surface area contributed by atoms with E-state index in [2.05, 4.69) is 63.1 Å². The maximum absolute atomic E-state index is 6.39. The van der Waals surface area contributed by atoms with Crippen LogP contribution < -0.4 is 0 Å². The molecule has 0 fully saturated rings. The van der Waals surface area contributed by atoms with Crippen LogP contribution in [0.4, 0.5) is 0 Å². The summed E-state index contributed by atoms with van der Waals surface area (Å²) in [6.07, 6.45) is 2.29. The van der Waals surface area contributed by atoms with Gasteiger partial charge < -0.3 is 4.98 Å². The molecule has 0 spiro atoms. The van der Waals surface area contributed by atoms with E-state index < -0.39 is 0 Å². The van der Waals surface area contributed by atoms with Crippen LogP contribution in [0.2, 0.25) is 5.02 Å². The Hall–Kier alpha value is -3.02. The molecule has 160 valence electrons. The van der Waals surface area contributed by atoms with Crippen LogP contribution >= 0.6 is 23.4 Å². The third-order valence-electron chi connectivity index (χ3n) is 5.42. The normalized spacial score (nSPS) is 11.3. The van der Waals surface area contributed by atoms with Crippen LogP contribution in [0.3, 0.4) is 0 Å². The van der Waals surface area contributed by atoms with Crippen LogP contribution in [-0.4, -0.2) is 25.5 Å². The Bertz CT molecular complexity index is 1340. The fourth-order valence-electron chi connectivity index (χ4n) is 3.88. The first-order chi connectivity index (χ1) is 15.8. The number of nitrogens with zero attached hydrogens (tertiary/aromatic N) is 3. The first-order valence-electron chi connectivity index (χ1n) is 10.8. The van der Waals surface area contributed by atoms with Gasteiger partial charge in [-0.15, -0.1) is 10.2 Å². The fourth-order valence-corrected chi connectivity index (χ4v) is 5.09. The minimum atomic E-state index is 0.709. The number of para-hydroxylation sites is 1. The summed E-state index contributed by atoms with van der Waals surface area (Å²) in [5.41, 5.74) is 5.19. The van der Waals surface area contributed by atoms with Crippen molar-refractivity contribution in [1.29, 1.82) is 0 Å². The summed E-state index contributed by atoms with van der Waals surface area (Å²) in [5, 5.41) is 11.9. The Morgan fingerprint density at radius 2 is 1.69 bits per heavy atom. The van der Waals surface area contributed by atoms with E-state index in [1.165, 1.54) is 0 Å². The van der Waals surface area contributed by atoms with E-state index in [-0.39, 0.29) is 0 Å².